The number of allylic oxidation sites excluding steroid dienone is 8. The SMILES string of the molecule is C[Si](C)(C)CC1=CC=CC1.C[Si](C)(C)CC1=CC=CC1.[SiH3]c1ccccc1. The Morgan fingerprint density at radius 3 is 1.33 bits per heavy atom. The van der Waals surface area contributed by atoms with Crippen molar-refractivity contribution in [1.29, 1.82) is 0 Å². The van der Waals surface area contributed by atoms with E-state index >= 15 is 0 Å². The summed E-state index contributed by atoms with van der Waals surface area (Å²) >= 11 is 0. The fourth-order valence-electron chi connectivity index (χ4n) is 3.14. The summed E-state index contributed by atoms with van der Waals surface area (Å²) in [6.07, 6.45) is 15.8. The number of hydrogen-bond acceptors (Lipinski definition) is 0. The molecule has 0 fully saturated rings. The second-order valence-electron chi connectivity index (χ2n) is 10.0. The Labute approximate surface area is 173 Å². The second kappa shape index (κ2) is 11.6. The van der Waals surface area contributed by atoms with Crippen molar-refractivity contribution in [3.8, 4) is 0 Å². The Hall–Kier alpha value is -1.17. The van der Waals surface area contributed by atoms with Crippen LogP contribution in [0.15, 0.2) is 77.9 Å². The standard InChI is InChI=1S/2C9H16Si.C6H8Si/c2*1-10(2,3)8-9-6-4-5-7-9;7-6-4-2-1-3-5-6/h2*4-6H,7-8H2,1-3H3;1-5H,7H3. The highest BCUT2D eigenvalue weighted by molar-refractivity contribution is 6.77. The van der Waals surface area contributed by atoms with Gasteiger partial charge < -0.3 is 0 Å². The summed E-state index contributed by atoms with van der Waals surface area (Å²) in [6.45, 7) is 14.5. The highest BCUT2D eigenvalue weighted by Crippen LogP contribution is 2.23. The van der Waals surface area contributed by atoms with Gasteiger partial charge in [0.15, 0.2) is 0 Å². The summed E-state index contributed by atoms with van der Waals surface area (Å²) in [6, 6.07) is 13.2. The molecule has 0 heterocycles. The average molecular weight is 413 g/mol. The van der Waals surface area contributed by atoms with Gasteiger partial charge in [-0.25, -0.2) is 0 Å². The minimum absolute atomic E-state index is 0.831. The van der Waals surface area contributed by atoms with Gasteiger partial charge in [-0.3, -0.25) is 0 Å². The van der Waals surface area contributed by atoms with Gasteiger partial charge in [0.05, 0.1) is 0 Å². The lowest BCUT2D eigenvalue weighted by atomic mass is 10.3. The van der Waals surface area contributed by atoms with Gasteiger partial charge in [0, 0.05) is 26.4 Å². The van der Waals surface area contributed by atoms with Gasteiger partial charge in [-0.15, -0.1) is 0 Å². The molecule has 0 spiro atoms. The van der Waals surface area contributed by atoms with Crippen molar-refractivity contribution in [3.63, 3.8) is 0 Å². The summed E-state index contributed by atoms with van der Waals surface area (Å²) in [5.41, 5.74) is 3.28. The van der Waals surface area contributed by atoms with E-state index in [0.717, 1.165) is 0 Å². The zero-order chi connectivity index (χ0) is 20.3. The molecule has 0 unspecified atom stereocenters. The molecule has 148 valence electrons. The molecule has 1 aromatic rings. The maximum absolute atomic E-state index is 2.42. The first kappa shape index (κ1) is 23.9. The van der Waals surface area contributed by atoms with E-state index in [-0.39, 0.29) is 0 Å². The molecule has 27 heavy (non-hydrogen) atoms. The van der Waals surface area contributed by atoms with Crippen molar-refractivity contribution in [2.24, 2.45) is 0 Å². The molecule has 0 aromatic heterocycles. The topological polar surface area (TPSA) is 0 Å². The third-order valence-corrected chi connectivity index (χ3v) is 7.85. The minimum Gasteiger partial charge on any atom is -0.0805 e. The van der Waals surface area contributed by atoms with Crippen LogP contribution in [0.4, 0.5) is 0 Å². The van der Waals surface area contributed by atoms with Gasteiger partial charge >= 0.3 is 0 Å². The first-order valence-electron chi connectivity index (χ1n) is 10.3. The van der Waals surface area contributed by atoms with E-state index in [1.807, 2.05) is 6.07 Å². The van der Waals surface area contributed by atoms with Crippen LogP contribution < -0.4 is 5.19 Å². The third-order valence-electron chi connectivity index (χ3n) is 4.15. The highest BCUT2D eigenvalue weighted by atomic mass is 28.3. The summed E-state index contributed by atoms with van der Waals surface area (Å²) in [7, 11) is -0.487. The molecule has 0 nitrogen and oxygen atoms in total. The molecule has 2 aliphatic carbocycles. The highest BCUT2D eigenvalue weighted by Gasteiger charge is 2.15. The van der Waals surface area contributed by atoms with E-state index in [4.69, 9.17) is 0 Å². The molecule has 2 aliphatic rings. The molecule has 0 saturated carbocycles. The lowest BCUT2D eigenvalue weighted by Crippen LogP contribution is -2.19. The van der Waals surface area contributed by atoms with Crippen LogP contribution in [0.2, 0.25) is 51.4 Å². The minimum atomic E-state index is -0.831. The maximum atomic E-state index is 2.42. The molecule has 0 radical (unpaired) electrons. The van der Waals surface area contributed by atoms with E-state index in [9.17, 15) is 0 Å². The van der Waals surface area contributed by atoms with E-state index in [1.54, 1.807) is 11.1 Å². The van der Waals surface area contributed by atoms with Crippen molar-refractivity contribution in [2.45, 2.75) is 64.2 Å². The van der Waals surface area contributed by atoms with Crippen molar-refractivity contribution >= 4 is 31.6 Å². The molecular formula is C24H40Si3. The average Bonchev–Trinajstić information content (AvgIpc) is 3.20. The smallest absolute Gasteiger partial charge is 0.0483 e. The normalized spacial score (nSPS) is 15.5. The fraction of sp³-hybridized carbons (Fsp3) is 0.417. The van der Waals surface area contributed by atoms with Gasteiger partial charge in [-0.1, -0.05) is 122 Å². The molecular weight excluding hydrogens is 373 g/mol. The van der Waals surface area contributed by atoms with Gasteiger partial charge in [-0.05, 0) is 24.9 Å². The first-order chi connectivity index (χ1) is 12.6. The number of hydrogen-bond donors (Lipinski definition) is 0. The molecule has 0 N–H and O–H groups in total. The van der Waals surface area contributed by atoms with E-state index < -0.39 is 16.1 Å². The zero-order valence-electron chi connectivity index (χ0n) is 18.7. The van der Waals surface area contributed by atoms with Crippen LogP contribution in [-0.4, -0.2) is 26.4 Å². The Morgan fingerprint density at radius 2 is 1.11 bits per heavy atom. The molecule has 0 aliphatic heterocycles. The lowest BCUT2D eigenvalue weighted by Gasteiger charge is -2.15. The lowest BCUT2D eigenvalue weighted by molar-refractivity contribution is 1.21. The Kier molecular flexibility index (Phi) is 10.3. The third kappa shape index (κ3) is 13.6. The molecule has 3 heteroatoms. The van der Waals surface area contributed by atoms with Crippen LogP contribution in [0.5, 0.6) is 0 Å². The molecule has 0 amide bonds. The van der Waals surface area contributed by atoms with Crippen LogP contribution >= 0.6 is 0 Å². The van der Waals surface area contributed by atoms with Crippen molar-refractivity contribution in [2.75, 3.05) is 0 Å². The Bertz CT molecular complexity index is 624. The van der Waals surface area contributed by atoms with Crippen molar-refractivity contribution in [3.05, 3.63) is 77.9 Å². The van der Waals surface area contributed by atoms with E-state index in [0.29, 0.717) is 0 Å². The summed E-state index contributed by atoms with van der Waals surface area (Å²) < 4.78 is 0. The molecule has 1 aromatic carbocycles. The zero-order valence-corrected chi connectivity index (χ0v) is 22.7. The Morgan fingerprint density at radius 1 is 0.704 bits per heavy atom. The number of benzene rings is 1. The largest absolute Gasteiger partial charge is 0.0805 e. The second-order valence-corrected chi connectivity index (χ2v) is 22.1. The predicted molar refractivity (Wildman–Crippen MR) is 136 cm³/mol. The van der Waals surface area contributed by atoms with E-state index in [2.05, 4.69) is 100 Å². The molecule has 3 rings (SSSR count). The Balaban J connectivity index is 0.000000206. The quantitative estimate of drug-likeness (QED) is 0.524. The summed E-state index contributed by atoms with van der Waals surface area (Å²) in [5, 5.41) is 1.46. The van der Waals surface area contributed by atoms with Crippen LogP contribution in [0.25, 0.3) is 0 Å². The summed E-state index contributed by atoms with van der Waals surface area (Å²) in [4.78, 5) is 0. The van der Waals surface area contributed by atoms with Crippen LogP contribution in [0.1, 0.15) is 12.8 Å². The van der Waals surface area contributed by atoms with Crippen LogP contribution in [0.3, 0.4) is 0 Å². The van der Waals surface area contributed by atoms with Gasteiger partial charge in [-0.2, -0.15) is 0 Å². The fourth-order valence-corrected chi connectivity index (χ4v) is 6.78. The van der Waals surface area contributed by atoms with Gasteiger partial charge in [0.1, 0.15) is 0 Å². The predicted octanol–water partition coefficient (Wildman–Crippen LogP) is 6.10. The van der Waals surface area contributed by atoms with Crippen LogP contribution in [-0.2, 0) is 0 Å². The molecule has 0 atom stereocenters. The maximum Gasteiger partial charge on any atom is 0.0483 e. The van der Waals surface area contributed by atoms with Gasteiger partial charge in [0.25, 0.3) is 0 Å². The molecule has 0 bridgehead atoms. The monoisotopic (exact) mass is 412 g/mol. The van der Waals surface area contributed by atoms with Gasteiger partial charge in [0.2, 0.25) is 0 Å². The first-order valence-corrected chi connectivity index (χ1v) is 18.7. The van der Waals surface area contributed by atoms with Crippen molar-refractivity contribution < 1.29 is 0 Å². The summed E-state index contributed by atoms with van der Waals surface area (Å²) in [5.74, 6) is 0. The van der Waals surface area contributed by atoms with E-state index in [1.165, 1.54) is 40.4 Å². The van der Waals surface area contributed by atoms with Crippen molar-refractivity contribution in [1.82, 2.24) is 0 Å². The van der Waals surface area contributed by atoms with Crippen LogP contribution in [0, 0.1) is 0 Å². The molecule has 0 saturated heterocycles. The number of rotatable bonds is 4.